The molecule has 3 rings (SSSR count). The molecule has 0 bridgehead atoms. The van der Waals surface area contributed by atoms with Gasteiger partial charge in [-0.3, -0.25) is 9.59 Å². The first kappa shape index (κ1) is 17.0. The summed E-state index contributed by atoms with van der Waals surface area (Å²) >= 11 is 0. The highest BCUT2D eigenvalue weighted by Crippen LogP contribution is 2.19. The van der Waals surface area contributed by atoms with Gasteiger partial charge in [0.25, 0.3) is 5.56 Å². The number of anilines is 2. The average Bonchev–Trinajstić information content (AvgIpc) is 2.59. The van der Waals surface area contributed by atoms with Crippen LogP contribution in [0.15, 0.2) is 29.1 Å². The molecule has 3 N–H and O–H groups in total. The van der Waals surface area contributed by atoms with E-state index in [-0.39, 0.29) is 29.5 Å². The van der Waals surface area contributed by atoms with Crippen molar-refractivity contribution in [3.05, 3.63) is 40.4 Å². The summed E-state index contributed by atoms with van der Waals surface area (Å²) in [4.78, 5) is 33.0. The largest absolute Gasteiger partial charge is 0.506 e. The van der Waals surface area contributed by atoms with Crippen molar-refractivity contribution in [2.75, 3.05) is 36.5 Å². The van der Waals surface area contributed by atoms with E-state index >= 15 is 0 Å². The molecule has 9 heteroatoms. The van der Waals surface area contributed by atoms with Gasteiger partial charge in [0.05, 0.1) is 25.3 Å². The van der Waals surface area contributed by atoms with Crippen LogP contribution in [-0.2, 0) is 16.0 Å². The van der Waals surface area contributed by atoms with Crippen molar-refractivity contribution in [2.45, 2.75) is 6.42 Å². The summed E-state index contributed by atoms with van der Waals surface area (Å²) in [5.74, 6) is 0.467. The summed E-state index contributed by atoms with van der Waals surface area (Å²) in [5, 5.41) is 12.6. The van der Waals surface area contributed by atoms with Gasteiger partial charge in [0.2, 0.25) is 5.91 Å². The molecule has 0 unspecified atom stereocenters. The van der Waals surface area contributed by atoms with Crippen LogP contribution in [0, 0.1) is 0 Å². The first-order valence-electron chi connectivity index (χ1n) is 8.04. The topological polar surface area (TPSA) is 108 Å². The van der Waals surface area contributed by atoms with E-state index in [1.807, 2.05) is 4.90 Å². The summed E-state index contributed by atoms with van der Waals surface area (Å²) in [7, 11) is 1.75. The predicted octanol–water partition coefficient (Wildman–Crippen LogP) is -1.25. The predicted molar refractivity (Wildman–Crippen MR) is 96.5 cm³/mol. The Kier molecular flexibility index (Phi) is 5.04. The molecule has 25 heavy (non-hydrogen) atoms. The second kappa shape index (κ2) is 7.39. The van der Waals surface area contributed by atoms with E-state index in [4.69, 9.17) is 4.74 Å². The molecule has 1 fully saturated rings. The fourth-order valence-electron chi connectivity index (χ4n) is 2.64. The Morgan fingerprint density at radius 2 is 2.16 bits per heavy atom. The SMILES string of the molecule is Bc1cccc(NC(=O)Cc2nc(N3CCOCC3)cc(=O)[nH]2)c1O. The molecule has 0 spiro atoms. The maximum absolute atomic E-state index is 12.2. The lowest BCUT2D eigenvalue weighted by atomic mass is 9.94. The number of benzene rings is 1. The van der Waals surface area contributed by atoms with Gasteiger partial charge >= 0.3 is 0 Å². The third kappa shape index (κ3) is 4.19. The molecule has 130 valence electrons. The van der Waals surface area contributed by atoms with Crippen molar-refractivity contribution in [3.63, 3.8) is 0 Å². The van der Waals surface area contributed by atoms with Crippen LogP contribution in [0.3, 0.4) is 0 Å². The summed E-state index contributed by atoms with van der Waals surface area (Å²) in [5.41, 5.74) is 0.688. The number of hydrogen-bond donors (Lipinski definition) is 3. The number of H-pyrrole nitrogens is 1. The van der Waals surface area contributed by atoms with Gasteiger partial charge in [0.15, 0.2) is 0 Å². The van der Waals surface area contributed by atoms with Crippen LogP contribution in [0.5, 0.6) is 5.75 Å². The van der Waals surface area contributed by atoms with Crippen LogP contribution < -0.4 is 21.2 Å². The van der Waals surface area contributed by atoms with E-state index in [9.17, 15) is 14.7 Å². The number of carbonyl (C=O) groups excluding carboxylic acids is 1. The molecule has 8 nitrogen and oxygen atoms in total. The highest BCUT2D eigenvalue weighted by atomic mass is 16.5. The average molecular weight is 342 g/mol. The third-order valence-electron chi connectivity index (χ3n) is 3.95. The van der Waals surface area contributed by atoms with Crippen LogP contribution in [0.4, 0.5) is 11.5 Å². The molecular weight excluding hydrogens is 323 g/mol. The molecule has 0 radical (unpaired) electrons. The van der Waals surface area contributed by atoms with E-state index in [0.29, 0.717) is 43.3 Å². The van der Waals surface area contributed by atoms with Crippen molar-refractivity contribution >= 4 is 30.7 Å². The standard InChI is InChI=1S/C16H19BN4O4/c17-10-2-1-3-11(16(10)24)18-14(22)8-12-19-13(9-15(23)20-12)21-4-6-25-7-5-21/h1-3,9,24H,4-8,17H2,(H,18,22)(H,19,20,23). The number of para-hydroxylation sites is 1. The number of hydrogen-bond acceptors (Lipinski definition) is 6. The van der Waals surface area contributed by atoms with Gasteiger partial charge < -0.3 is 25.0 Å². The number of nitrogens with zero attached hydrogens (tertiary/aromatic N) is 2. The van der Waals surface area contributed by atoms with E-state index in [1.165, 1.54) is 6.07 Å². The zero-order chi connectivity index (χ0) is 17.8. The molecule has 1 aliphatic rings. The normalized spacial score (nSPS) is 14.3. The maximum Gasteiger partial charge on any atom is 0.252 e. The fourth-order valence-corrected chi connectivity index (χ4v) is 2.64. The highest BCUT2D eigenvalue weighted by molar-refractivity contribution is 6.34. The summed E-state index contributed by atoms with van der Waals surface area (Å²) in [6.07, 6.45) is -0.0964. The molecule has 1 amide bonds. The minimum Gasteiger partial charge on any atom is -0.506 e. The van der Waals surface area contributed by atoms with E-state index in [1.54, 1.807) is 26.0 Å². The zero-order valence-corrected chi connectivity index (χ0v) is 13.9. The van der Waals surface area contributed by atoms with Crippen molar-refractivity contribution in [1.29, 1.82) is 0 Å². The maximum atomic E-state index is 12.2. The number of aromatic nitrogens is 2. The van der Waals surface area contributed by atoms with Crippen LogP contribution in [0.2, 0.25) is 0 Å². The second-order valence-electron chi connectivity index (χ2n) is 5.85. The first-order valence-corrected chi connectivity index (χ1v) is 8.04. The molecule has 1 saturated heterocycles. The lowest BCUT2D eigenvalue weighted by molar-refractivity contribution is -0.115. The Morgan fingerprint density at radius 1 is 1.40 bits per heavy atom. The summed E-state index contributed by atoms with van der Waals surface area (Å²) in [6, 6.07) is 6.51. The number of rotatable bonds is 4. The van der Waals surface area contributed by atoms with Crippen LogP contribution in [-0.4, -0.2) is 55.1 Å². The number of amides is 1. The second-order valence-corrected chi connectivity index (χ2v) is 5.85. The Hall–Kier alpha value is -2.81. The van der Waals surface area contributed by atoms with Crippen molar-refractivity contribution in [1.82, 2.24) is 9.97 Å². The molecule has 0 saturated carbocycles. The quantitative estimate of drug-likeness (QED) is 0.474. The van der Waals surface area contributed by atoms with Gasteiger partial charge in [-0.25, -0.2) is 4.98 Å². The molecule has 0 aliphatic carbocycles. The molecule has 1 aromatic carbocycles. The van der Waals surface area contributed by atoms with Crippen LogP contribution in [0.25, 0.3) is 0 Å². The number of nitrogens with one attached hydrogen (secondary N) is 2. The Balaban J connectivity index is 1.73. The van der Waals surface area contributed by atoms with Gasteiger partial charge in [-0.1, -0.05) is 12.1 Å². The molecule has 2 aromatic rings. The van der Waals surface area contributed by atoms with Crippen molar-refractivity contribution in [3.8, 4) is 5.75 Å². The molecule has 1 aromatic heterocycles. The monoisotopic (exact) mass is 342 g/mol. The van der Waals surface area contributed by atoms with Gasteiger partial charge in [0.1, 0.15) is 25.2 Å². The zero-order valence-electron chi connectivity index (χ0n) is 13.9. The minimum absolute atomic E-state index is 0.0272. The fraction of sp³-hybridized carbons (Fsp3) is 0.312. The van der Waals surface area contributed by atoms with Gasteiger partial charge in [-0.2, -0.15) is 0 Å². The highest BCUT2D eigenvalue weighted by Gasteiger charge is 2.15. The lowest BCUT2D eigenvalue weighted by Gasteiger charge is -2.27. The van der Waals surface area contributed by atoms with Crippen LogP contribution >= 0.6 is 0 Å². The number of ether oxygens (including phenoxy) is 1. The van der Waals surface area contributed by atoms with Gasteiger partial charge in [-0.05, 0) is 11.5 Å². The molecule has 2 heterocycles. The third-order valence-corrected chi connectivity index (χ3v) is 3.95. The van der Waals surface area contributed by atoms with E-state index in [0.717, 1.165) is 0 Å². The number of phenols is 1. The number of aromatic hydroxyl groups is 1. The molecule has 0 atom stereocenters. The van der Waals surface area contributed by atoms with E-state index < -0.39 is 0 Å². The Bertz CT molecular complexity index is 833. The van der Waals surface area contributed by atoms with Crippen molar-refractivity contribution < 1.29 is 14.6 Å². The van der Waals surface area contributed by atoms with E-state index in [2.05, 4.69) is 15.3 Å². The van der Waals surface area contributed by atoms with Gasteiger partial charge in [0, 0.05) is 19.2 Å². The lowest BCUT2D eigenvalue weighted by Crippen LogP contribution is -2.37. The summed E-state index contributed by atoms with van der Waals surface area (Å²) in [6.45, 7) is 2.46. The first-order chi connectivity index (χ1) is 12.0. The minimum atomic E-state index is -0.372. The number of aromatic amines is 1. The molecular formula is C16H19BN4O4. The molecule has 1 aliphatic heterocycles. The number of morpholine rings is 1. The van der Waals surface area contributed by atoms with Crippen LogP contribution in [0.1, 0.15) is 5.82 Å². The smallest absolute Gasteiger partial charge is 0.252 e. The number of phenolic OH excluding ortho intramolecular Hbond substituents is 1. The number of carbonyl (C=O) groups is 1. The summed E-state index contributed by atoms with van der Waals surface area (Å²) < 4.78 is 5.29. The van der Waals surface area contributed by atoms with Gasteiger partial charge in [-0.15, -0.1) is 0 Å². The van der Waals surface area contributed by atoms with Crippen molar-refractivity contribution in [2.24, 2.45) is 0 Å². The Morgan fingerprint density at radius 3 is 2.92 bits per heavy atom. The Labute approximate surface area is 145 Å².